The Labute approximate surface area is 112 Å². The molecular formula is C13H11BrN2O2. The van der Waals surface area contributed by atoms with Crippen LogP contribution in [0.25, 0.3) is 5.69 Å². The Morgan fingerprint density at radius 2 is 2.11 bits per heavy atom. The van der Waals surface area contributed by atoms with Crippen LogP contribution < -0.4 is 0 Å². The number of hydrogen-bond donors (Lipinski definition) is 1. The summed E-state index contributed by atoms with van der Waals surface area (Å²) in [5.74, 6) is -0.945. The van der Waals surface area contributed by atoms with Crippen molar-refractivity contribution in [3.63, 3.8) is 0 Å². The Morgan fingerprint density at radius 3 is 2.83 bits per heavy atom. The highest BCUT2D eigenvalue weighted by atomic mass is 79.9. The third kappa shape index (κ3) is 1.66. The number of nitrogens with zero attached hydrogens (tertiary/aromatic N) is 2. The van der Waals surface area contributed by atoms with Gasteiger partial charge in [-0.1, -0.05) is 12.1 Å². The molecule has 1 heterocycles. The molecule has 2 aromatic rings. The summed E-state index contributed by atoms with van der Waals surface area (Å²) in [6.45, 7) is 0. The van der Waals surface area contributed by atoms with E-state index in [1.54, 1.807) is 4.68 Å². The van der Waals surface area contributed by atoms with Crippen molar-refractivity contribution < 1.29 is 9.90 Å². The van der Waals surface area contributed by atoms with E-state index in [4.69, 9.17) is 0 Å². The van der Waals surface area contributed by atoms with Gasteiger partial charge in [-0.05, 0) is 47.3 Å². The van der Waals surface area contributed by atoms with Gasteiger partial charge in [-0.2, -0.15) is 5.10 Å². The van der Waals surface area contributed by atoms with E-state index in [9.17, 15) is 9.90 Å². The molecule has 0 saturated heterocycles. The molecule has 0 spiro atoms. The molecule has 1 aliphatic rings. The number of halogens is 1. The zero-order chi connectivity index (χ0) is 12.7. The van der Waals surface area contributed by atoms with Crippen LogP contribution in [0.4, 0.5) is 0 Å². The summed E-state index contributed by atoms with van der Waals surface area (Å²) in [7, 11) is 0. The molecule has 0 atom stereocenters. The van der Waals surface area contributed by atoms with Gasteiger partial charge >= 0.3 is 5.97 Å². The number of carboxylic acids is 1. The van der Waals surface area contributed by atoms with E-state index >= 15 is 0 Å². The van der Waals surface area contributed by atoms with Crippen LogP contribution in [0.5, 0.6) is 0 Å². The first kappa shape index (κ1) is 11.5. The van der Waals surface area contributed by atoms with Crippen LogP contribution in [-0.4, -0.2) is 20.9 Å². The fourth-order valence-corrected chi connectivity index (χ4v) is 2.88. The number of carbonyl (C=O) groups is 1. The number of aromatic carboxylic acids is 1. The number of carboxylic acid groups (broad SMARTS) is 1. The minimum atomic E-state index is -0.945. The molecule has 0 unspecified atom stereocenters. The summed E-state index contributed by atoms with van der Waals surface area (Å²) >= 11 is 3.48. The normalized spacial score (nSPS) is 13.6. The molecule has 0 saturated carbocycles. The molecule has 1 N–H and O–H groups in total. The van der Waals surface area contributed by atoms with Crippen molar-refractivity contribution in [2.75, 3.05) is 0 Å². The van der Waals surface area contributed by atoms with Gasteiger partial charge in [0.1, 0.15) is 0 Å². The first-order valence-electron chi connectivity index (χ1n) is 5.77. The van der Waals surface area contributed by atoms with Crippen molar-refractivity contribution in [1.29, 1.82) is 0 Å². The van der Waals surface area contributed by atoms with Crippen LogP contribution in [0.15, 0.2) is 28.7 Å². The molecule has 92 valence electrons. The lowest BCUT2D eigenvalue weighted by Gasteiger charge is -2.07. The molecule has 5 heteroatoms. The summed E-state index contributed by atoms with van der Waals surface area (Å²) in [4.78, 5) is 11.2. The number of para-hydroxylation sites is 1. The van der Waals surface area contributed by atoms with Crippen molar-refractivity contribution >= 4 is 21.9 Å². The van der Waals surface area contributed by atoms with Gasteiger partial charge < -0.3 is 5.11 Å². The average molecular weight is 307 g/mol. The van der Waals surface area contributed by atoms with Gasteiger partial charge in [-0.25, -0.2) is 9.48 Å². The Bertz CT molecular complexity index is 634. The average Bonchev–Trinajstić information content (AvgIpc) is 2.90. The number of hydrogen-bond acceptors (Lipinski definition) is 2. The van der Waals surface area contributed by atoms with Crippen molar-refractivity contribution in [3.05, 3.63) is 45.7 Å². The van der Waals surface area contributed by atoms with Crippen molar-refractivity contribution in [3.8, 4) is 5.69 Å². The van der Waals surface area contributed by atoms with Crippen LogP contribution in [0.2, 0.25) is 0 Å². The molecule has 0 fully saturated rings. The van der Waals surface area contributed by atoms with Gasteiger partial charge in [0, 0.05) is 15.7 Å². The van der Waals surface area contributed by atoms with Crippen LogP contribution >= 0.6 is 15.9 Å². The van der Waals surface area contributed by atoms with Crippen molar-refractivity contribution in [2.24, 2.45) is 0 Å². The van der Waals surface area contributed by atoms with Crippen LogP contribution in [0.3, 0.4) is 0 Å². The molecular weight excluding hydrogens is 296 g/mol. The van der Waals surface area contributed by atoms with E-state index in [0.717, 1.165) is 40.7 Å². The fraction of sp³-hybridized carbons (Fsp3) is 0.231. The summed E-state index contributed by atoms with van der Waals surface area (Å²) in [5.41, 5.74) is 3.00. The topological polar surface area (TPSA) is 55.1 Å². The van der Waals surface area contributed by atoms with E-state index in [0.29, 0.717) is 0 Å². The monoisotopic (exact) mass is 306 g/mol. The maximum atomic E-state index is 11.2. The number of rotatable bonds is 2. The Balaban J connectivity index is 2.23. The molecule has 1 aliphatic carbocycles. The second kappa shape index (κ2) is 4.24. The second-order valence-corrected chi connectivity index (χ2v) is 5.15. The highest BCUT2D eigenvalue weighted by Crippen LogP contribution is 2.30. The third-order valence-electron chi connectivity index (χ3n) is 3.21. The molecule has 0 aliphatic heterocycles. The summed E-state index contributed by atoms with van der Waals surface area (Å²) < 4.78 is 2.68. The van der Waals surface area contributed by atoms with Gasteiger partial charge in [-0.15, -0.1) is 0 Å². The lowest BCUT2D eigenvalue weighted by molar-refractivity contribution is 0.0689. The minimum absolute atomic E-state index is 0.193. The maximum Gasteiger partial charge on any atom is 0.356 e. The number of aromatic nitrogens is 2. The molecule has 0 bridgehead atoms. The van der Waals surface area contributed by atoms with Crippen molar-refractivity contribution in [1.82, 2.24) is 9.78 Å². The minimum Gasteiger partial charge on any atom is -0.476 e. The highest BCUT2D eigenvalue weighted by Gasteiger charge is 2.26. The molecule has 0 radical (unpaired) electrons. The van der Waals surface area contributed by atoms with Gasteiger partial charge in [0.15, 0.2) is 5.69 Å². The number of fused-ring (bicyclic) bond motifs is 1. The lowest BCUT2D eigenvalue weighted by atomic mass is 10.2. The molecule has 18 heavy (non-hydrogen) atoms. The SMILES string of the molecule is O=C(O)c1nn(-c2ccccc2Br)c2c1CCC2. The second-order valence-electron chi connectivity index (χ2n) is 4.30. The number of benzene rings is 1. The largest absolute Gasteiger partial charge is 0.476 e. The van der Waals surface area contributed by atoms with Gasteiger partial charge in [-0.3, -0.25) is 0 Å². The van der Waals surface area contributed by atoms with Crippen LogP contribution in [-0.2, 0) is 12.8 Å². The van der Waals surface area contributed by atoms with Gasteiger partial charge in [0.2, 0.25) is 0 Å². The van der Waals surface area contributed by atoms with Crippen LogP contribution in [0.1, 0.15) is 28.2 Å². The summed E-state index contributed by atoms with van der Waals surface area (Å²) in [6.07, 6.45) is 2.69. The van der Waals surface area contributed by atoms with E-state index in [2.05, 4.69) is 21.0 Å². The highest BCUT2D eigenvalue weighted by molar-refractivity contribution is 9.10. The predicted octanol–water partition coefficient (Wildman–Crippen LogP) is 2.82. The third-order valence-corrected chi connectivity index (χ3v) is 3.88. The molecule has 1 aromatic heterocycles. The molecule has 3 rings (SSSR count). The van der Waals surface area contributed by atoms with E-state index in [1.807, 2.05) is 24.3 Å². The predicted molar refractivity (Wildman–Crippen MR) is 70.2 cm³/mol. The summed E-state index contributed by atoms with van der Waals surface area (Å²) in [5, 5.41) is 13.4. The quantitative estimate of drug-likeness (QED) is 0.928. The Kier molecular flexibility index (Phi) is 2.70. The fourth-order valence-electron chi connectivity index (χ4n) is 2.43. The summed E-state index contributed by atoms with van der Waals surface area (Å²) in [6, 6.07) is 7.71. The Hall–Kier alpha value is -1.62. The first-order valence-corrected chi connectivity index (χ1v) is 6.56. The molecule has 1 aromatic carbocycles. The first-order chi connectivity index (χ1) is 8.68. The molecule has 0 amide bonds. The zero-order valence-electron chi connectivity index (χ0n) is 9.56. The van der Waals surface area contributed by atoms with Gasteiger partial charge in [0.05, 0.1) is 5.69 Å². The smallest absolute Gasteiger partial charge is 0.356 e. The van der Waals surface area contributed by atoms with Crippen LogP contribution in [0, 0.1) is 0 Å². The standard InChI is InChI=1S/C13H11BrN2O2/c14-9-5-1-2-6-11(9)16-10-7-3-4-8(10)12(15-16)13(17)18/h1-2,5-6H,3-4,7H2,(H,17,18). The lowest BCUT2D eigenvalue weighted by Crippen LogP contribution is -2.05. The zero-order valence-corrected chi connectivity index (χ0v) is 11.1. The van der Waals surface area contributed by atoms with Crippen molar-refractivity contribution in [2.45, 2.75) is 19.3 Å². The van der Waals surface area contributed by atoms with Gasteiger partial charge in [0.25, 0.3) is 0 Å². The van der Waals surface area contributed by atoms with E-state index in [-0.39, 0.29) is 5.69 Å². The van der Waals surface area contributed by atoms with E-state index < -0.39 is 5.97 Å². The molecule has 4 nitrogen and oxygen atoms in total. The maximum absolute atomic E-state index is 11.2. The Morgan fingerprint density at radius 1 is 1.33 bits per heavy atom. The van der Waals surface area contributed by atoms with E-state index in [1.165, 1.54) is 0 Å².